The van der Waals surface area contributed by atoms with Crippen molar-refractivity contribution >= 4 is 27.5 Å². The Kier molecular flexibility index (Phi) is 5.80. The van der Waals surface area contributed by atoms with E-state index in [1.165, 1.54) is 17.7 Å². The van der Waals surface area contributed by atoms with E-state index in [2.05, 4.69) is 40.3 Å². The van der Waals surface area contributed by atoms with E-state index in [0.29, 0.717) is 11.1 Å². The third-order valence-corrected chi connectivity index (χ3v) is 4.27. The summed E-state index contributed by atoms with van der Waals surface area (Å²) in [6.07, 6.45) is 0.927. The van der Waals surface area contributed by atoms with Crippen LogP contribution in [0.25, 0.3) is 0 Å². The van der Waals surface area contributed by atoms with E-state index < -0.39 is 0 Å². The van der Waals surface area contributed by atoms with Gasteiger partial charge in [0.05, 0.1) is 0 Å². The first kappa shape index (κ1) is 16.5. The molecular weight excluding hydrogens is 353 g/mol. The average molecular weight is 371 g/mol. The summed E-state index contributed by atoms with van der Waals surface area (Å²) in [6.45, 7) is 4.17. The molecule has 0 fully saturated rings. The molecule has 0 radical (unpaired) electrons. The minimum absolute atomic E-state index is 0.0727. The van der Waals surface area contributed by atoms with Crippen molar-refractivity contribution in [2.45, 2.75) is 32.4 Å². The molecule has 2 aromatic rings. The lowest BCUT2D eigenvalue weighted by Crippen LogP contribution is -2.30. The Labute approximate surface area is 138 Å². The van der Waals surface area contributed by atoms with Crippen LogP contribution in [0.2, 0.25) is 5.02 Å². The van der Waals surface area contributed by atoms with Crippen molar-refractivity contribution in [1.29, 1.82) is 0 Å². The maximum Gasteiger partial charge on any atom is 0.124 e. The summed E-state index contributed by atoms with van der Waals surface area (Å²) in [5.41, 5.74) is 2.19. The molecule has 0 bridgehead atoms. The van der Waals surface area contributed by atoms with Crippen LogP contribution in [0.1, 0.15) is 31.0 Å². The molecule has 0 aromatic heterocycles. The normalized spacial score (nSPS) is 14.0. The van der Waals surface area contributed by atoms with Crippen LogP contribution in [0.5, 0.6) is 0 Å². The van der Waals surface area contributed by atoms with E-state index >= 15 is 0 Å². The van der Waals surface area contributed by atoms with Gasteiger partial charge in [-0.15, -0.1) is 0 Å². The summed E-state index contributed by atoms with van der Waals surface area (Å²) in [7, 11) is 0. The molecule has 2 aromatic carbocycles. The molecule has 0 heterocycles. The largest absolute Gasteiger partial charge is 0.307 e. The summed E-state index contributed by atoms with van der Waals surface area (Å²) in [5.74, 6) is -0.307. The second-order valence-corrected chi connectivity index (χ2v) is 6.61. The van der Waals surface area contributed by atoms with E-state index in [1.807, 2.05) is 19.1 Å². The zero-order valence-electron chi connectivity index (χ0n) is 12.0. The molecule has 0 aliphatic heterocycles. The number of benzene rings is 2. The van der Waals surface area contributed by atoms with Crippen molar-refractivity contribution in [3.8, 4) is 0 Å². The Hall–Kier alpha value is -0.900. The molecule has 2 atom stereocenters. The third-order valence-electron chi connectivity index (χ3n) is 3.42. The Bertz CT molecular complexity index is 600. The van der Waals surface area contributed by atoms with Gasteiger partial charge in [0, 0.05) is 21.6 Å². The minimum Gasteiger partial charge on any atom is -0.307 e. The van der Waals surface area contributed by atoms with Gasteiger partial charge >= 0.3 is 0 Å². The van der Waals surface area contributed by atoms with Gasteiger partial charge in [0.15, 0.2) is 0 Å². The van der Waals surface area contributed by atoms with Crippen LogP contribution in [-0.2, 0) is 6.42 Å². The quantitative estimate of drug-likeness (QED) is 0.730. The molecule has 0 amide bonds. The van der Waals surface area contributed by atoms with Crippen molar-refractivity contribution in [2.24, 2.45) is 0 Å². The molecule has 2 unspecified atom stereocenters. The van der Waals surface area contributed by atoms with Gasteiger partial charge in [-0.1, -0.05) is 45.7 Å². The zero-order chi connectivity index (χ0) is 15.4. The lowest BCUT2D eigenvalue weighted by molar-refractivity contribution is 0.476. The minimum atomic E-state index is -0.307. The lowest BCUT2D eigenvalue weighted by atomic mass is 10.0. The Morgan fingerprint density at radius 2 is 1.81 bits per heavy atom. The number of halogens is 3. The first-order chi connectivity index (χ1) is 9.95. The van der Waals surface area contributed by atoms with Gasteiger partial charge in [-0.25, -0.2) is 4.39 Å². The van der Waals surface area contributed by atoms with Crippen LogP contribution in [0.4, 0.5) is 4.39 Å². The highest BCUT2D eigenvalue weighted by Gasteiger charge is 2.13. The molecule has 1 nitrogen and oxygen atoms in total. The molecular formula is C17H18BrClFN. The van der Waals surface area contributed by atoms with Crippen LogP contribution < -0.4 is 5.32 Å². The Balaban J connectivity index is 1.98. The highest BCUT2D eigenvalue weighted by molar-refractivity contribution is 9.10. The van der Waals surface area contributed by atoms with Crippen molar-refractivity contribution in [3.63, 3.8) is 0 Å². The van der Waals surface area contributed by atoms with E-state index in [0.717, 1.165) is 16.5 Å². The molecule has 0 spiro atoms. The molecule has 2 rings (SSSR count). The van der Waals surface area contributed by atoms with Gasteiger partial charge in [-0.2, -0.15) is 0 Å². The number of hydrogen-bond donors (Lipinski definition) is 1. The fourth-order valence-corrected chi connectivity index (χ4v) is 3.00. The highest BCUT2D eigenvalue weighted by atomic mass is 79.9. The van der Waals surface area contributed by atoms with Gasteiger partial charge in [-0.05, 0) is 55.7 Å². The molecule has 0 aliphatic carbocycles. The fraction of sp³-hybridized carbons (Fsp3) is 0.294. The summed E-state index contributed by atoms with van der Waals surface area (Å²) in [6, 6.07) is 13.2. The maximum atomic E-state index is 13.1. The maximum absolute atomic E-state index is 13.1. The molecule has 21 heavy (non-hydrogen) atoms. The first-order valence-electron chi connectivity index (χ1n) is 6.91. The summed E-state index contributed by atoms with van der Waals surface area (Å²) in [4.78, 5) is 0. The van der Waals surface area contributed by atoms with Gasteiger partial charge < -0.3 is 5.32 Å². The fourth-order valence-electron chi connectivity index (χ4n) is 2.40. The monoisotopic (exact) mass is 369 g/mol. The third kappa shape index (κ3) is 4.80. The van der Waals surface area contributed by atoms with Gasteiger partial charge in [0.2, 0.25) is 0 Å². The molecule has 1 N–H and O–H groups in total. The summed E-state index contributed by atoms with van der Waals surface area (Å²) >= 11 is 9.54. The van der Waals surface area contributed by atoms with Crippen LogP contribution in [0.15, 0.2) is 46.9 Å². The van der Waals surface area contributed by atoms with E-state index in [-0.39, 0.29) is 11.9 Å². The smallest absolute Gasteiger partial charge is 0.124 e. The first-order valence-corrected chi connectivity index (χ1v) is 8.08. The second kappa shape index (κ2) is 7.39. The topological polar surface area (TPSA) is 12.0 Å². The van der Waals surface area contributed by atoms with Gasteiger partial charge in [-0.3, -0.25) is 0 Å². The standard InChI is InChI=1S/C17H18BrClFN/c1-11(9-13-3-5-14(18)6-4-13)21-12(2)16-8-7-15(20)10-17(16)19/h3-8,10-12,21H,9H2,1-2H3. The highest BCUT2D eigenvalue weighted by Crippen LogP contribution is 2.24. The molecule has 0 saturated carbocycles. The molecule has 112 valence electrons. The molecule has 0 saturated heterocycles. The number of hydrogen-bond acceptors (Lipinski definition) is 1. The zero-order valence-corrected chi connectivity index (χ0v) is 14.4. The van der Waals surface area contributed by atoms with Crippen molar-refractivity contribution in [3.05, 3.63) is 68.9 Å². The predicted molar refractivity (Wildman–Crippen MR) is 90.3 cm³/mol. The van der Waals surface area contributed by atoms with Crippen LogP contribution in [0.3, 0.4) is 0 Å². The van der Waals surface area contributed by atoms with Crippen LogP contribution in [0, 0.1) is 5.82 Å². The van der Waals surface area contributed by atoms with Crippen molar-refractivity contribution in [1.82, 2.24) is 5.32 Å². The Morgan fingerprint density at radius 1 is 1.14 bits per heavy atom. The van der Waals surface area contributed by atoms with E-state index in [9.17, 15) is 4.39 Å². The van der Waals surface area contributed by atoms with Crippen LogP contribution >= 0.6 is 27.5 Å². The van der Waals surface area contributed by atoms with E-state index in [4.69, 9.17) is 11.6 Å². The average Bonchev–Trinajstić information content (AvgIpc) is 2.41. The van der Waals surface area contributed by atoms with Crippen LogP contribution in [-0.4, -0.2) is 6.04 Å². The van der Waals surface area contributed by atoms with Crippen molar-refractivity contribution < 1.29 is 4.39 Å². The summed E-state index contributed by atoms with van der Waals surface area (Å²) in [5, 5.41) is 3.96. The number of nitrogens with one attached hydrogen (secondary N) is 1. The molecule has 0 aliphatic rings. The van der Waals surface area contributed by atoms with Gasteiger partial charge in [0.1, 0.15) is 5.82 Å². The predicted octanol–water partition coefficient (Wildman–Crippen LogP) is 5.52. The lowest BCUT2D eigenvalue weighted by Gasteiger charge is -2.21. The Morgan fingerprint density at radius 3 is 2.43 bits per heavy atom. The second-order valence-electron chi connectivity index (χ2n) is 5.29. The van der Waals surface area contributed by atoms with E-state index in [1.54, 1.807) is 6.07 Å². The number of rotatable bonds is 5. The van der Waals surface area contributed by atoms with Gasteiger partial charge in [0.25, 0.3) is 0 Å². The van der Waals surface area contributed by atoms with Crippen molar-refractivity contribution in [2.75, 3.05) is 0 Å². The SMILES string of the molecule is CC(Cc1ccc(Br)cc1)NC(C)c1ccc(F)cc1Cl. The molecule has 4 heteroatoms. The summed E-state index contributed by atoms with van der Waals surface area (Å²) < 4.78 is 14.2.